The van der Waals surface area contributed by atoms with Crippen molar-refractivity contribution in [1.29, 1.82) is 0 Å². The number of amides is 2. The van der Waals surface area contributed by atoms with Gasteiger partial charge in [-0.3, -0.25) is 9.59 Å². The summed E-state index contributed by atoms with van der Waals surface area (Å²) in [5, 5.41) is 14.8. The van der Waals surface area contributed by atoms with Crippen molar-refractivity contribution in [2.75, 3.05) is 6.61 Å². The molecule has 0 aromatic heterocycles. The van der Waals surface area contributed by atoms with Crippen LogP contribution in [-0.2, 0) is 14.3 Å². The lowest BCUT2D eigenvalue weighted by Crippen LogP contribution is -2.53. The van der Waals surface area contributed by atoms with Crippen LogP contribution in [0, 0.1) is 5.92 Å². The predicted molar refractivity (Wildman–Crippen MR) is 135 cm³/mol. The number of carbonyl (C=O) groups excluding carboxylic acids is 2. The Hall–Kier alpha value is -3.35. The summed E-state index contributed by atoms with van der Waals surface area (Å²) in [6, 6.07) is 14.9. The molecule has 0 heterocycles. The Morgan fingerprint density at radius 3 is 2.11 bits per heavy atom. The van der Waals surface area contributed by atoms with Crippen molar-refractivity contribution in [3.63, 3.8) is 0 Å². The fraction of sp³-hybridized carbons (Fsp3) is 0.464. The number of carboxylic acid groups (broad SMARTS) is 1. The van der Waals surface area contributed by atoms with E-state index in [1.165, 1.54) is 0 Å². The second-order valence-electron chi connectivity index (χ2n) is 9.28. The van der Waals surface area contributed by atoms with Gasteiger partial charge in [0.2, 0.25) is 5.91 Å². The lowest BCUT2D eigenvalue weighted by molar-refractivity contribution is -0.137. The van der Waals surface area contributed by atoms with E-state index in [0.29, 0.717) is 12.8 Å². The molecule has 0 spiro atoms. The monoisotopic (exact) mass is 480 g/mol. The van der Waals surface area contributed by atoms with E-state index in [1.54, 1.807) is 0 Å². The van der Waals surface area contributed by atoms with Gasteiger partial charge in [-0.2, -0.15) is 0 Å². The summed E-state index contributed by atoms with van der Waals surface area (Å²) in [4.78, 5) is 37.1. The molecular formula is C28H36N2O5. The minimum absolute atomic E-state index is 0.0713. The molecular weight excluding hydrogens is 444 g/mol. The topological polar surface area (TPSA) is 105 Å². The highest BCUT2D eigenvalue weighted by molar-refractivity contribution is 5.86. The number of unbranched alkanes of at least 4 members (excludes halogenated alkanes) is 1. The number of rotatable bonds is 12. The molecule has 2 aromatic carbocycles. The molecule has 3 atom stereocenters. The minimum atomic E-state index is -0.962. The highest BCUT2D eigenvalue weighted by atomic mass is 16.5. The van der Waals surface area contributed by atoms with Gasteiger partial charge in [0.25, 0.3) is 0 Å². The number of ether oxygens (including phenoxy) is 1. The SMILES string of the molecule is CCCC[C@@H](CC(=O)O)NC(=O)[C@@H](NC(=O)OCC1c2ccccc2-c2ccccc21)[C@@H](C)CC. The summed E-state index contributed by atoms with van der Waals surface area (Å²) < 4.78 is 5.63. The van der Waals surface area contributed by atoms with Crippen LogP contribution in [0.3, 0.4) is 0 Å². The molecule has 35 heavy (non-hydrogen) atoms. The first-order valence-corrected chi connectivity index (χ1v) is 12.5. The lowest BCUT2D eigenvalue weighted by atomic mass is 9.97. The number of carboxylic acids is 1. The smallest absolute Gasteiger partial charge is 0.407 e. The van der Waals surface area contributed by atoms with Gasteiger partial charge in [0.05, 0.1) is 6.42 Å². The third-order valence-electron chi connectivity index (χ3n) is 6.79. The molecule has 1 aliphatic rings. The molecule has 0 aliphatic heterocycles. The van der Waals surface area contributed by atoms with Gasteiger partial charge in [-0.25, -0.2) is 4.79 Å². The molecule has 0 saturated heterocycles. The van der Waals surface area contributed by atoms with Crippen molar-refractivity contribution < 1.29 is 24.2 Å². The standard InChI is InChI=1S/C28H36N2O5/c1-4-6-11-19(16-25(31)32)29-27(33)26(18(3)5-2)30-28(34)35-17-24-22-14-9-7-12-20(22)21-13-8-10-15-23(21)24/h7-10,12-15,18-19,24,26H,4-6,11,16-17H2,1-3H3,(H,29,33)(H,30,34)(H,31,32)/t18-,19-,26-/m0/s1. The minimum Gasteiger partial charge on any atom is -0.481 e. The summed E-state index contributed by atoms with van der Waals surface area (Å²) in [7, 11) is 0. The van der Waals surface area contributed by atoms with Crippen LogP contribution < -0.4 is 10.6 Å². The largest absolute Gasteiger partial charge is 0.481 e. The zero-order chi connectivity index (χ0) is 25.4. The Balaban J connectivity index is 1.66. The maximum atomic E-state index is 13.0. The van der Waals surface area contributed by atoms with Crippen molar-refractivity contribution in [2.45, 2.75) is 70.9 Å². The highest BCUT2D eigenvalue weighted by Crippen LogP contribution is 2.44. The van der Waals surface area contributed by atoms with Crippen LogP contribution in [0.2, 0.25) is 0 Å². The third kappa shape index (κ3) is 6.62. The molecule has 0 fully saturated rings. The highest BCUT2D eigenvalue weighted by Gasteiger charge is 2.31. The van der Waals surface area contributed by atoms with Crippen molar-refractivity contribution in [2.24, 2.45) is 5.92 Å². The normalized spacial score (nSPS) is 14.8. The van der Waals surface area contributed by atoms with Crippen LogP contribution >= 0.6 is 0 Å². The summed E-state index contributed by atoms with van der Waals surface area (Å²) in [6.07, 6.45) is 2.15. The summed E-state index contributed by atoms with van der Waals surface area (Å²) in [5.74, 6) is -1.56. The molecule has 0 unspecified atom stereocenters. The average molecular weight is 481 g/mol. The van der Waals surface area contributed by atoms with Gasteiger partial charge in [0, 0.05) is 12.0 Å². The Bertz CT molecular complexity index is 992. The number of benzene rings is 2. The number of hydrogen-bond donors (Lipinski definition) is 3. The van der Waals surface area contributed by atoms with E-state index in [0.717, 1.165) is 35.1 Å². The number of hydrogen-bond acceptors (Lipinski definition) is 4. The maximum Gasteiger partial charge on any atom is 0.407 e. The second-order valence-corrected chi connectivity index (χ2v) is 9.28. The summed E-state index contributed by atoms with van der Waals surface area (Å²) >= 11 is 0. The molecule has 7 nitrogen and oxygen atoms in total. The molecule has 3 N–H and O–H groups in total. The Morgan fingerprint density at radius 1 is 0.971 bits per heavy atom. The van der Waals surface area contributed by atoms with E-state index in [9.17, 15) is 19.5 Å². The molecule has 1 aliphatic carbocycles. The van der Waals surface area contributed by atoms with Gasteiger partial charge in [0.1, 0.15) is 12.6 Å². The van der Waals surface area contributed by atoms with Crippen LogP contribution in [0.15, 0.2) is 48.5 Å². The maximum absolute atomic E-state index is 13.0. The molecule has 2 amide bonds. The van der Waals surface area contributed by atoms with Gasteiger partial charge in [0.15, 0.2) is 0 Å². The first-order valence-electron chi connectivity index (χ1n) is 12.5. The molecule has 2 aromatic rings. The zero-order valence-electron chi connectivity index (χ0n) is 20.8. The fourth-order valence-electron chi connectivity index (χ4n) is 4.65. The summed E-state index contributed by atoms with van der Waals surface area (Å²) in [5.41, 5.74) is 4.52. The number of aliphatic carboxylic acids is 1. The Kier molecular flexibility index (Phi) is 9.29. The number of alkyl carbamates (subject to hydrolysis) is 1. The first kappa shape index (κ1) is 26.3. The van der Waals surface area contributed by atoms with Crippen LogP contribution in [0.25, 0.3) is 11.1 Å². The second kappa shape index (κ2) is 12.4. The quantitative estimate of drug-likeness (QED) is 0.392. The van der Waals surface area contributed by atoms with Gasteiger partial charge in [-0.1, -0.05) is 88.6 Å². The molecule has 188 valence electrons. The van der Waals surface area contributed by atoms with E-state index in [1.807, 2.05) is 45.0 Å². The molecule has 0 radical (unpaired) electrons. The van der Waals surface area contributed by atoms with E-state index in [4.69, 9.17) is 4.74 Å². The van der Waals surface area contributed by atoms with Crippen molar-refractivity contribution >= 4 is 18.0 Å². The van der Waals surface area contributed by atoms with E-state index in [2.05, 4.69) is 34.9 Å². The van der Waals surface area contributed by atoms with E-state index < -0.39 is 24.1 Å². The van der Waals surface area contributed by atoms with Gasteiger partial charge in [-0.15, -0.1) is 0 Å². The molecule has 0 bridgehead atoms. The van der Waals surface area contributed by atoms with Crippen molar-refractivity contribution in [3.05, 3.63) is 59.7 Å². The first-order chi connectivity index (χ1) is 16.8. The molecule has 7 heteroatoms. The molecule has 0 saturated carbocycles. The number of carbonyl (C=O) groups is 3. The van der Waals surface area contributed by atoms with Gasteiger partial charge >= 0.3 is 12.1 Å². The predicted octanol–water partition coefficient (Wildman–Crippen LogP) is 5.09. The molecule has 3 rings (SSSR count). The van der Waals surface area contributed by atoms with Crippen LogP contribution in [-0.4, -0.2) is 41.8 Å². The van der Waals surface area contributed by atoms with Crippen LogP contribution in [0.5, 0.6) is 0 Å². The van der Waals surface area contributed by atoms with Crippen LogP contribution in [0.1, 0.15) is 69.9 Å². The lowest BCUT2D eigenvalue weighted by Gasteiger charge is -2.26. The fourth-order valence-corrected chi connectivity index (χ4v) is 4.65. The van der Waals surface area contributed by atoms with Crippen molar-refractivity contribution in [3.8, 4) is 11.1 Å². The van der Waals surface area contributed by atoms with Gasteiger partial charge < -0.3 is 20.5 Å². The van der Waals surface area contributed by atoms with Crippen LogP contribution in [0.4, 0.5) is 4.79 Å². The van der Waals surface area contributed by atoms with Crippen molar-refractivity contribution in [1.82, 2.24) is 10.6 Å². The third-order valence-corrected chi connectivity index (χ3v) is 6.79. The zero-order valence-corrected chi connectivity index (χ0v) is 20.8. The number of fused-ring (bicyclic) bond motifs is 3. The Labute approximate surface area is 207 Å². The average Bonchev–Trinajstić information content (AvgIpc) is 3.17. The Morgan fingerprint density at radius 2 is 1.57 bits per heavy atom. The van der Waals surface area contributed by atoms with E-state index in [-0.39, 0.29) is 30.8 Å². The summed E-state index contributed by atoms with van der Waals surface area (Å²) in [6.45, 7) is 6.00. The number of nitrogens with one attached hydrogen (secondary N) is 2. The van der Waals surface area contributed by atoms with E-state index >= 15 is 0 Å². The van der Waals surface area contributed by atoms with Gasteiger partial charge in [-0.05, 0) is 34.6 Å².